The molecule has 0 radical (unpaired) electrons. The third-order valence-electron chi connectivity index (χ3n) is 7.47. The Morgan fingerprint density at radius 2 is 1.20 bits per heavy atom. The van der Waals surface area contributed by atoms with E-state index in [1.54, 1.807) is 13.8 Å². The molecule has 0 bridgehead atoms. The Labute approximate surface area is 268 Å². The minimum absolute atomic E-state index is 0.0400. The third-order valence-corrected chi connectivity index (χ3v) is 9.47. The van der Waals surface area contributed by atoms with E-state index in [9.17, 15) is 34.2 Å². The second-order valence-corrected chi connectivity index (χ2v) is 15.5. The van der Waals surface area contributed by atoms with Gasteiger partial charge in [0.1, 0.15) is 24.4 Å². The predicted molar refractivity (Wildman–Crippen MR) is 168 cm³/mol. The molecule has 0 aromatic rings. The summed E-state index contributed by atoms with van der Waals surface area (Å²) in [5.41, 5.74) is 10.7. The summed E-state index contributed by atoms with van der Waals surface area (Å²) in [6.45, 7) is 12.1. The highest BCUT2D eigenvalue weighted by Gasteiger charge is 2.47. The summed E-state index contributed by atoms with van der Waals surface area (Å²) in [4.78, 5) is 19.7. The zero-order valence-electron chi connectivity index (χ0n) is 27.7. The number of aliphatic hydroxyl groups is 3. The normalized spacial score (nSPS) is 31.9. The Morgan fingerprint density at radius 3 is 1.60 bits per heavy atom. The molecular formula is C28H60N2O13P2. The van der Waals surface area contributed by atoms with Crippen molar-refractivity contribution >= 4 is 15.6 Å². The molecule has 9 N–H and O–H groups in total. The maximum absolute atomic E-state index is 12.2. The maximum atomic E-state index is 12.2. The smallest absolute Gasteiger partial charge is 0.396 e. The number of nitrogens with two attached hydrogens (primary N) is 2. The molecule has 11 atom stereocenters. The molecule has 17 heteroatoms. The van der Waals surface area contributed by atoms with Gasteiger partial charge in [-0.2, -0.15) is 0 Å². The molecule has 0 amide bonds. The highest BCUT2D eigenvalue weighted by Crippen LogP contribution is 2.49. The summed E-state index contributed by atoms with van der Waals surface area (Å²) in [6, 6.07) is 0. The van der Waals surface area contributed by atoms with Crippen molar-refractivity contribution in [2.24, 2.45) is 29.2 Å². The second kappa shape index (κ2) is 21.1. The van der Waals surface area contributed by atoms with Gasteiger partial charge in [0.25, 0.3) is 0 Å². The number of hydrogen-bond acceptors (Lipinski definition) is 13. The average molecular weight is 695 g/mol. The molecule has 0 aromatic carbocycles. The molecule has 2 fully saturated rings. The number of aliphatic hydroxyl groups excluding tert-OH is 3. The minimum Gasteiger partial charge on any atom is -0.396 e. The SMILES string of the molecule is CC(C)C[C@H]1O[C@@H](C)[C@H](O)[C@@H]1OP(=O)(O)OCC(CO)CCCCN.CC(C)C[C@H]1O[C@@H](C)[C@H](O)[C@@H]1OP(=O)(O)OCCCN. The second-order valence-electron chi connectivity index (χ2n) is 12.7. The molecule has 45 heavy (non-hydrogen) atoms. The highest BCUT2D eigenvalue weighted by molar-refractivity contribution is 7.47. The maximum Gasteiger partial charge on any atom is 0.472 e. The Hall–Kier alpha value is -0.0600. The Kier molecular flexibility index (Phi) is 20.2. The van der Waals surface area contributed by atoms with Crippen molar-refractivity contribution in [1.82, 2.24) is 0 Å². The molecule has 2 aliphatic rings. The molecule has 2 aliphatic heterocycles. The van der Waals surface area contributed by atoms with Crippen LogP contribution >= 0.6 is 15.6 Å². The van der Waals surface area contributed by atoms with E-state index >= 15 is 0 Å². The van der Waals surface area contributed by atoms with E-state index in [-0.39, 0.29) is 31.7 Å². The topological polar surface area (TPSA) is 243 Å². The first-order valence-corrected chi connectivity index (χ1v) is 18.9. The number of phosphoric ester groups is 2. The van der Waals surface area contributed by atoms with Gasteiger partial charge >= 0.3 is 15.6 Å². The molecule has 0 spiro atoms. The fraction of sp³-hybridized carbons (Fsp3) is 1.00. The third kappa shape index (κ3) is 16.3. The first-order chi connectivity index (χ1) is 21.0. The van der Waals surface area contributed by atoms with Crippen LogP contribution in [0.1, 0.15) is 80.1 Å². The summed E-state index contributed by atoms with van der Waals surface area (Å²) in [5, 5.41) is 29.5. The molecule has 15 nitrogen and oxygen atoms in total. The van der Waals surface area contributed by atoms with Gasteiger partial charge < -0.3 is 46.0 Å². The van der Waals surface area contributed by atoms with Crippen LogP contribution in [0.3, 0.4) is 0 Å². The number of phosphoric acid groups is 2. The summed E-state index contributed by atoms with van der Waals surface area (Å²) in [6.07, 6.45) is -1.54. The molecule has 0 saturated carbocycles. The summed E-state index contributed by atoms with van der Waals surface area (Å²) >= 11 is 0. The molecule has 3 unspecified atom stereocenters. The van der Waals surface area contributed by atoms with Crippen LogP contribution in [-0.4, -0.2) is 107 Å². The Morgan fingerprint density at radius 1 is 0.756 bits per heavy atom. The van der Waals surface area contributed by atoms with Crippen LogP contribution < -0.4 is 11.5 Å². The van der Waals surface area contributed by atoms with E-state index in [4.69, 9.17) is 39.0 Å². The number of hydrogen-bond donors (Lipinski definition) is 7. The van der Waals surface area contributed by atoms with Crippen LogP contribution in [0.15, 0.2) is 0 Å². The number of rotatable bonds is 20. The summed E-state index contributed by atoms with van der Waals surface area (Å²) < 4.78 is 55.5. The Balaban J connectivity index is 0.000000461. The van der Waals surface area contributed by atoms with Crippen LogP contribution in [0.25, 0.3) is 0 Å². The van der Waals surface area contributed by atoms with Gasteiger partial charge in [-0.1, -0.05) is 34.1 Å². The van der Waals surface area contributed by atoms with Gasteiger partial charge in [0.15, 0.2) is 0 Å². The van der Waals surface area contributed by atoms with Crippen LogP contribution in [0.5, 0.6) is 0 Å². The van der Waals surface area contributed by atoms with Crippen molar-refractivity contribution in [3.63, 3.8) is 0 Å². The lowest BCUT2D eigenvalue weighted by Gasteiger charge is -2.25. The molecular weight excluding hydrogens is 634 g/mol. The van der Waals surface area contributed by atoms with Gasteiger partial charge in [0.05, 0.1) is 37.6 Å². The van der Waals surface area contributed by atoms with Crippen LogP contribution in [-0.2, 0) is 36.7 Å². The molecule has 2 saturated heterocycles. The largest absolute Gasteiger partial charge is 0.472 e. The standard InChI is InChI=1S/C16H34NO7P.C12H26NO6P/c1-11(2)8-14-16(15(19)12(3)23-14)24-25(20,21)22-10-13(9-18)6-4-5-7-17;1-8(2)7-10-12(11(14)9(3)18-10)19-20(15,16)17-6-4-5-13/h11-16,18-19H,4-10,17H2,1-3H3,(H,20,21);8-12,14H,4-7,13H2,1-3H3,(H,15,16)/t12-,13?,14+,15-,16+;9-,10+,11-,12+/m00/s1. The van der Waals surface area contributed by atoms with Gasteiger partial charge in [0, 0.05) is 12.5 Å². The fourth-order valence-corrected chi connectivity index (χ4v) is 7.06. The van der Waals surface area contributed by atoms with E-state index in [0.717, 1.165) is 12.8 Å². The highest BCUT2D eigenvalue weighted by atomic mass is 31.2. The lowest BCUT2D eigenvalue weighted by molar-refractivity contribution is -0.00315. The minimum atomic E-state index is -4.37. The van der Waals surface area contributed by atoms with Gasteiger partial charge in [0.2, 0.25) is 0 Å². The van der Waals surface area contributed by atoms with E-state index in [1.807, 2.05) is 27.7 Å². The summed E-state index contributed by atoms with van der Waals surface area (Å²) in [5.74, 6) is 0.347. The van der Waals surface area contributed by atoms with Gasteiger partial charge in [-0.15, -0.1) is 0 Å². The van der Waals surface area contributed by atoms with Crippen LogP contribution in [0.2, 0.25) is 0 Å². The molecule has 2 heterocycles. The number of unbranched alkanes of at least 4 members (excludes halogenated alkanes) is 1. The zero-order chi connectivity index (χ0) is 34.4. The van der Waals surface area contributed by atoms with Gasteiger partial charge in [-0.3, -0.25) is 18.1 Å². The fourth-order valence-electron chi connectivity index (χ4n) is 5.05. The molecule has 2 rings (SSSR count). The zero-order valence-corrected chi connectivity index (χ0v) is 29.5. The van der Waals surface area contributed by atoms with Gasteiger partial charge in [-0.05, 0) is 70.9 Å². The average Bonchev–Trinajstić information content (AvgIpc) is 3.33. The van der Waals surface area contributed by atoms with E-state index < -0.39 is 64.5 Å². The van der Waals surface area contributed by atoms with E-state index in [0.29, 0.717) is 44.7 Å². The van der Waals surface area contributed by atoms with Crippen molar-refractivity contribution in [2.75, 3.05) is 32.9 Å². The summed E-state index contributed by atoms with van der Waals surface area (Å²) in [7, 11) is -8.58. The first-order valence-electron chi connectivity index (χ1n) is 16.0. The predicted octanol–water partition coefficient (Wildman–Crippen LogP) is 2.45. The molecule has 0 aromatic heterocycles. The lowest BCUT2D eigenvalue weighted by Crippen LogP contribution is -2.34. The molecule has 0 aliphatic carbocycles. The quantitative estimate of drug-likeness (QED) is 0.0715. The van der Waals surface area contributed by atoms with Crippen molar-refractivity contribution in [3.8, 4) is 0 Å². The molecule has 270 valence electrons. The first kappa shape index (κ1) is 43.0. The Bertz CT molecular complexity index is 899. The monoisotopic (exact) mass is 694 g/mol. The lowest BCUT2D eigenvalue weighted by atomic mass is 10.00. The number of ether oxygens (including phenoxy) is 2. The van der Waals surface area contributed by atoms with Crippen LogP contribution in [0, 0.1) is 17.8 Å². The van der Waals surface area contributed by atoms with Crippen molar-refractivity contribution in [2.45, 2.75) is 129 Å². The van der Waals surface area contributed by atoms with E-state index in [2.05, 4.69) is 0 Å². The van der Waals surface area contributed by atoms with Crippen LogP contribution in [0.4, 0.5) is 0 Å². The van der Waals surface area contributed by atoms with Gasteiger partial charge in [-0.25, -0.2) is 9.13 Å². The van der Waals surface area contributed by atoms with E-state index in [1.165, 1.54) is 0 Å². The van der Waals surface area contributed by atoms with Crippen molar-refractivity contribution in [1.29, 1.82) is 0 Å². The van der Waals surface area contributed by atoms with Crippen molar-refractivity contribution < 1.29 is 61.8 Å². The van der Waals surface area contributed by atoms with Crippen molar-refractivity contribution in [3.05, 3.63) is 0 Å².